The molecule has 178 valence electrons. The zero-order valence-electron chi connectivity index (χ0n) is 18.2. The van der Waals surface area contributed by atoms with Crippen LogP contribution in [0.1, 0.15) is 16.8 Å². The number of aryl methyl sites for hydroxylation is 3. The van der Waals surface area contributed by atoms with Crippen molar-refractivity contribution in [2.24, 2.45) is 0 Å². The molecule has 1 aliphatic rings. The molecular formula is C23H20F3N3O3S2. The number of halogens is 3. The summed E-state index contributed by atoms with van der Waals surface area (Å²) in [6, 6.07) is 10.7. The molecule has 0 aliphatic carbocycles. The van der Waals surface area contributed by atoms with Crippen LogP contribution in [-0.4, -0.2) is 33.3 Å². The van der Waals surface area contributed by atoms with Gasteiger partial charge in [-0.1, -0.05) is 17.8 Å². The Morgan fingerprint density at radius 1 is 1.18 bits per heavy atom. The molecule has 6 nitrogen and oxygen atoms in total. The van der Waals surface area contributed by atoms with Gasteiger partial charge in [0.2, 0.25) is 5.91 Å². The molecule has 1 aliphatic heterocycles. The number of amides is 1. The number of carbonyl (C=O) groups is 1. The molecule has 0 bridgehead atoms. The van der Waals surface area contributed by atoms with Crippen molar-refractivity contribution in [3.63, 3.8) is 0 Å². The largest absolute Gasteiger partial charge is 0.573 e. The molecule has 0 saturated carbocycles. The number of anilines is 1. The number of benzene rings is 2. The molecule has 2 aromatic carbocycles. The highest BCUT2D eigenvalue weighted by atomic mass is 32.2. The van der Waals surface area contributed by atoms with E-state index < -0.39 is 12.1 Å². The van der Waals surface area contributed by atoms with Crippen LogP contribution in [0, 0.1) is 13.8 Å². The van der Waals surface area contributed by atoms with Crippen LogP contribution in [0.25, 0.3) is 5.69 Å². The average Bonchev–Trinajstić information content (AvgIpc) is 3.20. The van der Waals surface area contributed by atoms with Crippen LogP contribution in [-0.2, 0) is 11.2 Å². The zero-order valence-corrected chi connectivity index (χ0v) is 19.9. The molecule has 4 rings (SSSR count). The van der Waals surface area contributed by atoms with E-state index in [4.69, 9.17) is 0 Å². The first-order valence-electron chi connectivity index (χ1n) is 10.2. The molecule has 2 heterocycles. The second-order valence-electron chi connectivity index (χ2n) is 7.66. The fraction of sp³-hybridized carbons (Fsp3) is 0.261. The van der Waals surface area contributed by atoms with Crippen LogP contribution in [0.5, 0.6) is 5.75 Å². The lowest BCUT2D eigenvalue weighted by Gasteiger charge is -2.15. The third-order valence-corrected chi connectivity index (χ3v) is 6.88. The van der Waals surface area contributed by atoms with Crippen molar-refractivity contribution in [2.75, 3.05) is 16.8 Å². The number of hydrogen-bond donors (Lipinski definition) is 1. The van der Waals surface area contributed by atoms with Gasteiger partial charge >= 0.3 is 6.36 Å². The summed E-state index contributed by atoms with van der Waals surface area (Å²) in [6.07, 6.45) is -4.18. The summed E-state index contributed by atoms with van der Waals surface area (Å²) in [5.41, 5.74) is 3.41. The van der Waals surface area contributed by atoms with Gasteiger partial charge in [-0.05, 0) is 61.4 Å². The maximum absolute atomic E-state index is 13.2. The lowest BCUT2D eigenvalue weighted by Crippen LogP contribution is -2.24. The van der Waals surface area contributed by atoms with E-state index >= 15 is 0 Å². The number of thioether (sulfide) groups is 2. The summed E-state index contributed by atoms with van der Waals surface area (Å²) in [4.78, 5) is 30.9. The van der Waals surface area contributed by atoms with Crippen molar-refractivity contribution in [3.8, 4) is 11.4 Å². The smallest absolute Gasteiger partial charge is 0.406 e. The minimum absolute atomic E-state index is 0.000622. The van der Waals surface area contributed by atoms with Crippen LogP contribution in [0.4, 0.5) is 18.9 Å². The number of carbonyl (C=O) groups excluding carboxylic acids is 1. The monoisotopic (exact) mass is 507 g/mol. The van der Waals surface area contributed by atoms with Gasteiger partial charge in [0.05, 0.1) is 22.0 Å². The molecule has 11 heteroatoms. The first kappa shape index (κ1) is 24.2. The number of nitrogens with zero attached hydrogens (tertiary/aromatic N) is 2. The number of hydrogen-bond acceptors (Lipinski definition) is 6. The molecule has 0 spiro atoms. The molecule has 1 N–H and O–H groups in total. The second-order valence-corrected chi connectivity index (χ2v) is 9.71. The molecular weight excluding hydrogens is 487 g/mol. The van der Waals surface area contributed by atoms with Crippen molar-refractivity contribution in [2.45, 2.75) is 36.7 Å². The van der Waals surface area contributed by atoms with Gasteiger partial charge in [-0.25, -0.2) is 4.98 Å². The van der Waals surface area contributed by atoms with E-state index in [1.807, 2.05) is 32.0 Å². The molecule has 0 atom stereocenters. The van der Waals surface area contributed by atoms with Crippen molar-refractivity contribution in [1.29, 1.82) is 0 Å². The maximum atomic E-state index is 13.2. The minimum atomic E-state index is -4.81. The van der Waals surface area contributed by atoms with E-state index in [-0.39, 0.29) is 17.2 Å². The van der Waals surface area contributed by atoms with Gasteiger partial charge in [0.25, 0.3) is 5.56 Å². The highest BCUT2D eigenvalue weighted by Gasteiger charge is 2.31. The Bertz CT molecular complexity index is 1270. The Labute approximate surface area is 201 Å². The third-order valence-electron chi connectivity index (χ3n) is 4.83. The fourth-order valence-electron chi connectivity index (χ4n) is 3.59. The number of ether oxygens (including phenoxy) is 1. The second kappa shape index (κ2) is 9.75. The normalized spacial score (nSPS) is 13.0. The number of aromatic nitrogens is 2. The predicted octanol–water partition coefficient (Wildman–Crippen LogP) is 5.13. The summed E-state index contributed by atoms with van der Waals surface area (Å²) in [5, 5.41) is 3.14. The summed E-state index contributed by atoms with van der Waals surface area (Å²) in [7, 11) is 0. The van der Waals surface area contributed by atoms with Crippen molar-refractivity contribution >= 4 is 35.1 Å². The maximum Gasteiger partial charge on any atom is 0.573 e. The molecule has 0 fully saturated rings. The van der Waals surface area contributed by atoms with Crippen LogP contribution in [0.3, 0.4) is 0 Å². The van der Waals surface area contributed by atoms with Gasteiger partial charge in [-0.2, -0.15) is 0 Å². The van der Waals surface area contributed by atoms with E-state index in [9.17, 15) is 22.8 Å². The predicted molar refractivity (Wildman–Crippen MR) is 126 cm³/mol. The Kier molecular flexibility index (Phi) is 6.94. The van der Waals surface area contributed by atoms with Crippen molar-refractivity contribution < 1.29 is 22.7 Å². The van der Waals surface area contributed by atoms with Gasteiger partial charge in [-0.15, -0.1) is 24.9 Å². The molecule has 0 radical (unpaired) electrons. The number of nitrogens with one attached hydrogen (secondary N) is 1. The highest BCUT2D eigenvalue weighted by Crippen LogP contribution is 2.31. The Balaban J connectivity index is 1.59. The van der Waals surface area contributed by atoms with Gasteiger partial charge in [0, 0.05) is 17.9 Å². The fourth-order valence-corrected chi connectivity index (χ4v) is 5.44. The lowest BCUT2D eigenvalue weighted by molar-refractivity contribution is -0.274. The topological polar surface area (TPSA) is 73.2 Å². The van der Waals surface area contributed by atoms with Gasteiger partial charge in [-0.3, -0.25) is 14.2 Å². The summed E-state index contributed by atoms with van der Waals surface area (Å²) in [6.45, 7) is 3.88. The molecule has 1 amide bonds. The van der Waals surface area contributed by atoms with Gasteiger partial charge in [0.15, 0.2) is 5.16 Å². The van der Waals surface area contributed by atoms with E-state index in [0.717, 1.165) is 40.8 Å². The molecule has 34 heavy (non-hydrogen) atoms. The van der Waals surface area contributed by atoms with Crippen LogP contribution >= 0.6 is 23.5 Å². The molecule has 1 aromatic heterocycles. The summed E-state index contributed by atoms with van der Waals surface area (Å²) in [5.74, 6) is 0.0622. The lowest BCUT2D eigenvalue weighted by atomic mass is 10.1. The van der Waals surface area contributed by atoms with E-state index in [1.54, 1.807) is 0 Å². The number of alkyl halides is 3. The van der Waals surface area contributed by atoms with Crippen LogP contribution in [0.15, 0.2) is 57.3 Å². The minimum Gasteiger partial charge on any atom is -0.406 e. The highest BCUT2D eigenvalue weighted by molar-refractivity contribution is 8.00. The van der Waals surface area contributed by atoms with Crippen LogP contribution < -0.4 is 15.6 Å². The van der Waals surface area contributed by atoms with E-state index in [2.05, 4.69) is 15.0 Å². The van der Waals surface area contributed by atoms with E-state index in [0.29, 0.717) is 33.5 Å². The summed E-state index contributed by atoms with van der Waals surface area (Å²) >= 11 is 2.49. The van der Waals surface area contributed by atoms with Gasteiger partial charge in [0.1, 0.15) is 5.75 Å². The zero-order chi connectivity index (χ0) is 24.5. The standard InChI is InChI=1S/C23H20F3N3O3S2/c1-13-9-14(2)11-15(10-13)27-19(30)12-34-22-28-18-7-8-33-20(18)21(31)29(22)16-3-5-17(6-4-16)32-23(24,25)26/h3-6,9-11H,7-8,12H2,1-2H3,(H,27,30). The Hall–Kier alpha value is -2.92. The Morgan fingerprint density at radius 2 is 1.85 bits per heavy atom. The van der Waals surface area contributed by atoms with Gasteiger partial charge < -0.3 is 10.1 Å². The first-order chi connectivity index (χ1) is 16.1. The number of fused-ring (bicyclic) bond motifs is 1. The summed E-state index contributed by atoms with van der Waals surface area (Å²) < 4.78 is 42.7. The average molecular weight is 508 g/mol. The third kappa shape index (κ3) is 5.76. The van der Waals surface area contributed by atoms with Crippen molar-refractivity contribution in [3.05, 3.63) is 69.6 Å². The van der Waals surface area contributed by atoms with Crippen molar-refractivity contribution in [1.82, 2.24) is 9.55 Å². The molecule has 3 aromatic rings. The molecule has 0 unspecified atom stereocenters. The molecule has 0 saturated heterocycles. The van der Waals surface area contributed by atoms with E-state index in [1.165, 1.54) is 28.5 Å². The van der Waals surface area contributed by atoms with Crippen LogP contribution in [0.2, 0.25) is 0 Å². The number of rotatable bonds is 6. The quantitative estimate of drug-likeness (QED) is 0.369. The Morgan fingerprint density at radius 3 is 2.50 bits per heavy atom. The SMILES string of the molecule is Cc1cc(C)cc(NC(=O)CSc2nc3c(c(=O)n2-c2ccc(OC(F)(F)F)cc2)SCC3)c1. The first-order valence-corrected chi connectivity index (χ1v) is 12.2.